The maximum absolute atomic E-state index is 12.2. The Kier molecular flexibility index (Phi) is 8.35. The monoisotopic (exact) mass is 532 g/mol. The van der Waals surface area contributed by atoms with Crippen LogP contribution in [0.5, 0.6) is 5.75 Å². The second kappa shape index (κ2) is 11.8. The molecule has 0 saturated heterocycles. The number of anilines is 4. The van der Waals surface area contributed by atoms with Crippen LogP contribution in [0.1, 0.15) is 0 Å². The van der Waals surface area contributed by atoms with Gasteiger partial charge in [-0.25, -0.2) is 9.97 Å². The molecule has 1 aromatic carbocycles. The third-order valence-corrected chi connectivity index (χ3v) is 6.01. The van der Waals surface area contributed by atoms with Gasteiger partial charge in [0.1, 0.15) is 5.75 Å². The molecule has 11 heteroatoms. The lowest BCUT2D eigenvalue weighted by molar-refractivity contribution is -0.111. The van der Waals surface area contributed by atoms with Crippen LogP contribution in [0.2, 0.25) is 5.02 Å². The number of aromatic nitrogens is 4. The van der Waals surface area contributed by atoms with Gasteiger partial charge in [-0.15, -0.1) is 0 Å². The zero-order valence-electron chi connectivity index (χ0n) is 21.7. The maximum Gasteiger partial charge on any atom is 0.247 e. The first-order chi connectivity index (χ1) is 18.3. The summed E-state index contributed by atoms with van der Waals surface area (Å²) >= 11 is 6.17. The van der Waals surface area contributed by atoms with Crippen LogP contribution in [0, 0.1) is 0 Å². The van der Waals surface area contributed by atoms with E-state index in [0.717, 1.165) is 35.3 Å². The van der Waals surface area contributed by atoms with Gasteiger partial charge >= 0.3 is 0 Å². The third-order valence-electron chi connectivity index (χ3n) is 5.81. The Labute approximate surface area is 226 Å². The first-order valence-corrected chi connectivity index (χ1v) is 12.2. The van der Waals surface area contributed by atoms with E-state index in [9.17, 15) is 4.79 Å². The molecule has 0 saturated carbocycles. The zero-order valence-corrected chi connectivity index (χ0v) is 22.5. The second-order valence-corrected chi connectivity index (χ2v) is 9.26. The number of likely N-dealkylation sites (N-methyl/N-ethyl adjacent to an activating group) is 2. The van der Waals surface area contributed by atoms with Gasteiger partial charge in [0.25, 0.3) is 0 Å². The Bertz CT molecular complexity index is 1480. The van der Waals surface area contributed by atoms with Gasteiger partial charge in [-0.05, 0) is 32.3 Å². The molecule has 3 aromatic heterocycles. The van der Waals surface area contributed by atoms with Crippen LogP contribution in [0.4, 0.5) is 23.0 Å². The van der Waals surface area contributed by atoms with Crippen molar-refractivity contribution >= 4 is 51.4 Å². The lowest BCUT2D eigenvalue weighted by atomic mass is 10.1. The summed E-state index contributed by atoms with van der Waals surface area (Å²) in [5.41, 5.74) is 4.21. The number of hydrogen-bond acceptors (Lipinski definition) is 9. The van der Waals surface area contributed by atoms with Crippen molar-refractivity contribution in [1.29, 1.82) is 0 Å². The molecule has 0 unspecified atom stereocenters. The van der Waals surface area contributed by atoms with Crippen LogP contribution in [0.3, 0.4) is 0 Å². The van der Waals surface area contributed by atoms with Crippen LogP contribution in [0.15, 0.2) is 61.8 Å². The van der Waals surface area contributed by atoms with Crippen LogP contribution in [-0.2, 0) is 4.79 Å². The number of halogens is 1. The smallest absolute Gasteiger partial charge is 0.247 e. The number of methoxy groups -OCH3 is 1. The summed E-state index contributed by atoms with van der Waals surface area (Å²) in [7, 11) is 7.57. The van der Waals surface area contributed by atoms with Crippen LogP contribution < -0.4 is 20.3 Å². The van der Waals surface area contributed by atoms with E-state index in [2.05, 4.69) is 42.0 Å². The average Bonchev–Trinajstić information content (AvgIpc) is 2.91. The van der Waals surface area contributed by atoms with Gasteiger partial charge in [-0.1, -0.05) is 18.2 Å². The fourth-order valence-corrected chi connectivity index (χ4v) is 3.99. The van der Waals surface area contributed by atoms with E-state index in [1.54, 1.807) is 44.2 Å². The summed E-state index contributed by atoms with van der Waals surface area (Å²) in [5, 5.41) is 7.41. The summed E-state index contributed by atoms with van der Waals surface area (Å²) < 4.78 is 5.69. The molecule has 38 heavy (non-hydrogen) atoms. The standard InChI is InChI=1S/C27H29ClN8O2/c1-6-25(37)32-21-10-22(24(38-5)11-23(21)36(4)8-7-35(2)3)33-27-31-14-18-13-30-16-20(26(18)34-27)17-9-19(28)15-29-12-17/h6,9-16H,1,7-8H2,2-5H3,(H,32,37)(H,31,33,34). The van der Waals surface area contributed by atoms with Crippen molar-refractivity contribution in [2.24, 2.45) is 0 Å². The summed E-state index contributed by atoms with van der Waals surface area (Å²) in [5.74, 6) is 0.580. The van der Waals surface area contributed by atoms with Gasteiger partial charge < -0.3 is 25.2 Å². The normalized spacial score (nSPS) is 10.9. The lowest BCUT2D eigenvalue weighted by Crippen LogP contribution is -2.29. The van der Waals surface area contributed by atoms with Gasteiger partial charge in [0.05, 0.1) is 34.7 Å². The Hall–Kier alpha value is -4.28. The van der Waals surface area contributed by atoms with Crippen molar-refractivity contribution in [1.82, 2.24) is 24.8 Å². The average molecular weight is 533 g/mol. The second-order valence-electron chi connectivity index (χ2n) is 8.82. The molecular formula is C27H29ClN8O2. The molecule has 0 atom stereocenters. The highest BCUT2D eigenvalue weighted by Crippen LogP contribution is 2.38. The lowest BCUT2D eigenvalue weighted by Gasteiger charge is -2.26. The van der Waals surface area contributed by atoms with Crippen LogP contribution >= 0.6 is 11.6 Å². The van der Waals surface area contributed by atoms with Crippen LogP contribution in [-0.4, -0.2) is 72.1 Å². The number of rotatable bonds is 10. The number of nitrogens with zero attached hydrogens (tertiary/aromatic N) is 6. The van der Waals surface area contributed by atoms with E-state index < -0.39 is 0 Å². The van der Waals surface area contributed by atoms with Crippen molar-refractivity contribution in [2.45, 2.75) is 0 Å². The first-order valence-electron chi connectivity index (χ1n) is 11.8. The van der Waals surface area contributed by atoms with E-state index in [0.29, 0.717) is 33.6 Å². The highest BCUT2D eigenvalue weighted by molar-refractivity contribution is 6.30. The number of pyridine rings is 2. The summed E-state index contributed by atoms with van der Waals surface area (Å²) in [4.78, 5) is 34.1. The third kappa shape index (κ3) is 6.16. The molecule has 3 heterocycles. The number of carbonyl (C=O) groups is 1. The molecule has 0 aliphatic heterocycles. The van der Waals surface area contributed by atoms with Gasteiger partial charge in [-0.2, -0.15) is 0 Å². The van der Waals surface area contributed by atoms with Crippen molar-refractivity contribution in [2.75, 3.05) is 56.9 Å². The molecule has 4 aromatic rings. The molecule has 0 radical (unpaired) electrons. The Balaban J connectivity index is 1.75. The number of benzene rings is 1. The van der Waals surface area contributed by atoms with Crippen molar-refractivity contribution in [3.8, 4) is 16.9 Å². The predicted molar refractivity (Wildman–Crippen MR) is 153 cm³/mol. The van der Waals surface area contributed by atoms with E-state index in [1.165, 1.54) is 6.08 Å². The van der Waals surface area contributed by atoms with Crippen molar-refractivity contribution < 1.29 is 9.53 Å². The van der Waals surface area contributed by atoms with Gasteiger partial charge in [0.15, 0.2) is 0 Å². The SMILES string of the molecule is C=CC(=O)Nc1cc(Nc2ncc3cncc(-c4cncc(Cl)c4)c3n2)c(OC)cc1N(C)CCN(C)C. The quantitative estimate of drug-likeness (QED) is 0.283. The topological polar surface area (TPSA) is 108 Å². The molecule has 2 N–H and O–H groups in total. The van der Waals surface area contributed by atoms with E-state index in [1.807, 2.05) is 33.3 Å². The Morgan fingerprint density at radius 2 is 1.84 bits per heavy atom. The van der Waals surface area contributed by atoms with Crippen molar-refractivity contribution in [3.05, 3.63) is 66.9 Å². The van der Waals surface area contributed by atoms with Crippen LogP contribution in [0.25, 0.3) is 22.0 Å². The highest BCUT2D eigenvalue weighted by atomic mass is 35.5. The minimum Gasteiger partial charge on any atom is -0.494 e. The number of nitrogens with one attached hydrogen (secondary N) is 2. The molecule has 0 bridgehead atoms. The molecule has 0 fully saturated rings. The van der Waals surface area contributed by atoms with E-state index >= 15 is 0 Å². The number of carbonyl (C=O) groups excluding carboxylic acids is 1. The number of amides is 1. The molecule has 196 valence electrons. The fourth-order valence-electron chi connectivity index (χ4n) is 3.81. The summed E-state index contributed by atoms with van der Waals surface area (Å²) in [6.07, 6.45) is 9.61. The fraction of sp³-hybridized carbons (Fsp3) is 0.222. The molecule has 4 rings (SSSR count). The van der Waals surface area contributed by atoms with Gasteiger partial charge in [-0.3, -0.25) is 14.8 Å². The largest absolute Gasteiger partial charge is 0.494 e. The molecule has 10 nitrogen and oxygen atoms in total. The predicted octanol–water partition coefficient (Wildman–Crippen LogP) is 4.61. The molecule has 1 amide bonds. The number of hydrogen-bond donors (Lipinski definition) is 2. The summed E-state index contributed by atoms with van der Waals surface area (Å²) in [6, 6.07) is 5.47. The Morgan fingerprint density at radius 1 is 1.05 bits per heavy atom. The molecule has 0 aliphatic rings. The Morgan fingerprint density at radius 3 is 2.55 bits per heavy atom. The number of ether oxygens (including phenoxy) is 1. The van der Waals surface area contributed by atoms with Gasteiger partial charge in [0.2, 0.25) is 11.9 Å². The highest BCUT2D eigenvalue weighted by Gasteiger charge is 2.17. The van der Waals surface area contributed by atoms with E-state index in [-0.39, 0.29) is 5.91 Å². The van der Waals surface area contributed by atoms with E-state index in [4.69, 9.17) is 21.3 Å². The molecule has 0 aliphatic carbocycles. The minimum absolute atomic E-state index is 0.322. The maximum atomic E-state index is 12.2. The molecule has 0 spiro atoms. The zero-order chi connectivity index (χ0) is 27.2. The van der Waals surface area contributed by atoms with Crippen molar-refractivity contribution in [3.63, 3.8) is 0 Å². The minimum atomic E-state index is -0.322. The number of fused-ring (bicyclic) bond motifs is 1. The van der Waals surface area contributed by atoms with Gasteiger partial charge in [0, 0.05) is 73.7 Å². The first kappa shape index (κ1) is 26.8. The molecular weight excluding hydrogens is 504 g/mol. The summed E-state index contributed by atoms with van der Waals surface area (Å²) in [6.45, 7) is 5.14.